The molecule has 0 aliphatic carbocycles. The summed E-state index contributed by atoms with van der Waals surface area (Å²) in [6.45, 7) is 7.48. The molecule has 14 nitrogen and oxygen atoms in total. The number of thiazole rings is 2. The van der Waals surface area contributed by atoms with Crippen molar-refractivity contribution in [3.8, 4) is 0 Å². The molecule has 0 spiro atoms. The van der Waals surface area contributed by atoms with Crippen LogP contribution in [0.4, 0.5) is 21.6 Å². The maximum Gasteiger partial charge on any atom is 0.263 e. The van der Waals surface area contributed by atoms with E-state index in [1.807, 2.05) is 36.4 Å². The van der Waals surface area contributed by atoms with Crippen LogP contribution in [0.15, 0.2) is 142 Å². The van der Waals surface area contributed by atoms with Crippen molar-refractivity contribution >= 4 is 94.9 Å². The van der Waals surface area contributed by atoms with E-state index >= 15 is 0 Å². The summed E-state index contributed by atoms with van der Waals surface area (Å²) < 4.78 is 61.7. The summed E-state index contributed by atoms with van der Waals surface area (Å²) in [5, 5.41) is 15.4. The van der Waals surface area contributed by atoms with Crippen LogP contribution >= 0.6 is 22.7 Å². The second kappa shape index (κ2) is 18.0. The van der Waals surface area contributed by atoms with Crippen molar-refractivity contribution in [2.24, 2.45) is 0 Å². The molecular formula is C42H44N6O8S4Si. The lowest BCUT2D eigenvalue weighted by Gasteiger charge is -2.44. The van der Waals surface area contributed by atoms with Crippen LogP contribution in [0.25, 0.3) is 0 Å². The van der Waals surface area contributed by atoms with Gasteiger partial charge in [-0.25, -0.2) is 26.8 Å². The number of amides is 2. The van der Waals surface area contributed by atoms with Crippen LogP contribution in [0.1, 0.15) is 33.6 Å². The number of nitrogens with one attached hydrogen (secondary N) is 2. The summed E-state index contributed by atoms with van der Waals surface area (Å²) in [5.41, 5.74) is 1.21. The zero-order chi connectivity index (χ0) is 43.4. The third-order valence-corrected chi connectivity index (χ3v) is 19.7. The van der Waals surface area contributed by atoms with Gasteiger partial charge in [-0.05, 0) is 70.4 Å². The normalized spacial score (nSPS) is 17.2. The van der Waals surface area contributed by atoms with Crippen molar-refractivity contribution in [2.75, 3.05) is 32.3 Å². The molecule has 61 heavy (non-hydrogen) atoms. The molecule has 0 radical (unpaired) electrons. The first-order valence-corrected chi connectivity index (χ1v) is 25.9. The number of nitrogens with zero attached hydrogens (tertiary/aromatic N) is 4. The van der Waals surface area contributed by atoms with Gasteiger partial charge in [-0.3, -0.25) is 19.0 Å². The molecule has 2 aromatic heterocycles. The van der Waals surface area contributed by atoms with Crippen LogP contribution in [0.2, 0.25) is 5.04 Å². The molecule has 4 aromatic carbocycles. The molecule has 3 N–H and O–H groups in total. The van der Waals surface area contributed by atoms with Crippen molar-refractivity contribution in [3.05, 3.63) is 132 Å². The Balaban J connectivity index is 0.000000215. The van der Waals surface area contributed by atoms with E-state index in [0.29, 0.717) is 47.6 Å². The molecule has 318 valence electrons. The van der Waals surface area contributed by atoms with E-state index < -0.39 is 40.6 Å². The molecule has 0 unspecified atom stereocenters. The maximum absolute atomic E-state index is 13.8. The molecule has 2 atom stereocenters. The number of benzene rings is 4. The first-order valence-electron chi connectivity index (χ1n) is 19.2. The predicted molar refractivity (Wildman–Crippen MR) is 241 cm³/mol. The van der Waals surface area contributed by atoms with E-state index in [1.165, 1.54) is 64.2 Å². The zero-order valence-electron chi connectivity index (χ0n) is 33.4. The smallest absolute Gasteiger partial charge is 0.263 e. The van der Waals surface area contributed by atoms with Crippen molar-refractivity contribution in [1.29, 1.82) is 0 Å². The standard InChI is InChI=1S/C29H31N3O4S2Si.C13H13N3O4S2/c1-29(2,3)39(24-10-6-4-7-11-24,25-12-8-5-9-13-25)36-26-18-20-32(27(26)33)22-14-16-23(17-15-22)38(34,35)31-28-30-19-21-37-28;17-11-5-7-16(12(11)18)9-1-3-10(4-2-9)22(19,20)15-13-14-6-8-21-13/h4-17,19,21,26H,18,20H2,1-3H3,(H,30,31);1-4,6,8,11,17H,5,7H2,(H,14,15)/t26-;11-/m01/s1. The van der Waals surface area contributed by atoms with Gasteiger partial charge in [-0.2, -0.15) is 0 Å². The molecule has 2 aliphatic heterocycles. The Kier molecular flexibility index (Phi) is 12.9. The number of hydrogen-bond donors (Lipinski definition) is 3. The maximum atomic E-state index is 13.8. The van der Waals surface area contributed by atoms with Gasteiger partial charge in [0.25, 0.3) is 40.2 Å². The van der Waals surface area contributed by atoms with Crippen molar-refractivity contribution < 1.29 is 36.0 Å². The van der Waals surface area contributed by atoms with Gasteiger partial charge in [0, 0.05) is 54.0 Å². The SMILES string of the molecule is CC(C)(C)[Si](O[C@H]1CCN(c2ccc(S(=O)(=O)Nc3nccs3)cc2)C1=O)(c1ccccc1)c1ccccc1.O=C1[C@H](O)CCN1c1ccc(S(=O)(=O)Nc2nccs2)cc1. The molecule has 8 rings (SSSR count). The van der Waals surface area contributed by atoms with Gasteiger partial charge in [0.05, 0.1) is 9.79 Å². The highest BCUT2D eigenvalue weighted by molar-refractivity contribution is 7.93. The van der Waals surface area contributed by atoms with Crippen LogP contribution in [0.3, 0.4) is 0 Å². The molecule has 6 aromatic rings. The molecule has 2 fully saturated rings. The number of rotatable bonds is 12. The van der Waals surface area contributed by atoms with Crippen molar-refractivity contribution in [2.45, 2.75) is 60.7 Å². The largest absolute Gasteiger partial charge is 0.395 e. The van der Waals surface area contributed by atoms with E-state index in [-0.39, 0.29) is 26.6 Å². The molecule has 19 heteroatoms. The highest BCUT2D eigenvalue weighted by Gasteiger charge is 2.53. The minimum absolute atomic E-state index is 0.0821. The highest BCUT2D eigenvalue weighted by atomic mass is 32.2. The summed E-state index contributed by atoms with van der Waals surface area (Å²) in [4.78, 5) is 36.7. The van der Waals surface area contributed by atoms with Gasteiger partial charge < -0.3 is 19.3 Å². The minimum Gasteiger partial charge on any atom is -0.395 e. The fourth-order valence-electron chi connectivity index (χ4n) is 7.35. The van der Waals surface area contributed by atoms with E-state index in [9.17, 15) is 31.5 Å². The van der Waals surface area contributed by atoms with Gasteiger partial charge in [0.2, 0.25) is 0 Å². The first kappa shape index (κ1) is 43.8. The fourth-order valence-corrected chi connectivity index (χ4v) is 15.6. The van der Waals surface area contributed by atoms with E-state index in [2.05, 4.69) is 64.4 Å². The van der Waals surface area contributed by atoms with E-state index in [0.717, 1.165) is 10.4 Å². The fraction of sp³-hybridized carbons (Fsp3) is 0.238. The second-order valence-electron chi connectivity index (χ2n) is 15.2. The molecule has 2 saturated heterocycles. The van der Waals surface area contributed by atoms with Crippen molar-refractivity contribution in [3.63, 3.8) is 0 Å². The lowest BCUT2D eigenvalue weighted by Crippen LogP contribution is -2.68. The third-order valence-electron chi connectivity index (χ3n) is 10.3. The topological polar surface area (TPSA) is 188 Å². The number of anilines is 4. The Labute approximate surface area is 364 Å². The lowest BCUT2D eigenvalue weighted by molar-refractivity contribution is -0.124. The summed E-state index contributed by atoms with van der Waals surface area (Å²) >= 11 is 2.39. The van der Waals surface area contributed by atoms with Gasteiger partial charge in [-0.15, -0.1) is 22.7 Å². The molecule has 0 saturated carbocycles. The van der Waals surface area contributed by atoms with Crippen molar-refractivity contribution in [1.82, 2.24) is 9.97 Å². The van der Waals surface area contributed by atoms with E-state index in [4.69, 9.17) is 4.43 Å². The summed E-state index contributed by atoms with van der Waals surface area (Å²) in [5.74, 6) is -0.476. The number of carbonyl (C=O) groups excluding carboxylic acids is 2. The van der Waals surface area contributed by atoms with Crippen LogP contribution in [0.5, 0.6) is 0 Å². The van der Waals surface area contributed by atoms with Gasteiger partial charge in [0.1, 0.15) is 12.2 Å². The van der Waals surface area contributed by atoms with Gasteiger partial charge >= 0.3 is 0 Å². The number of aliphatic hydroxyl groups is 1. The second-order valence-corrected chi connectivity index (χ2v) is 24.6. The number of aromatic nitrogens is 2. The average molecular weight is 917 g/mol. The minimum atomic E-state index is -3.77. The average Bonchev–Trinajstić information content (AvgIpc) is 4.08. The van der Waals surface area contributed by atoms with Crippen LogP contribution in [-0.2, 0) is 34.1 Å². The Morgan fingerprint density at radius 1 is 0.656 bits per heavy atom. The Morgan fingerprint density at radius 3 is 1.46 bits per heavy atom. The molecule has 4 heterocycles. The number of carbonyl (C=O) groups is 2. The Bertz CT molecular complexity index is 2610. The quantitative estimate of drug-likeness (QED) is 0.129. The van der Waals surface area contributed by atoms with Gasteiger partial charge in [0.15, 0.2) is 10.3 Å². The number of hydrogen-bond acceptors (Lipinski definition) is 12. The molecule has 2 aliphatic rings. The van der Waals surface area contributed by atoms with Crippen LogP contribution in [0, 0.1) is 0 Å². The Morgan fingerprint density at radius 2 is 1.08 bits per heavy atom. The zero-order valence-corrected chi connectivity index (χ0v) is 37.7. The number of sulfonamides is 2. The van der Waals surface area contributed by atoms with E-state index in [1.54, 1.807) is 39.9 Å². The van der Waals surface area contributed by atoms with Crippen LogP contribution < -0.4 is 29.6 Å². The van der Waals surface area contributed by atoms with Gasteiger partial charge in [-0.1, -0.05) is 81.4 Å². The monoisotopic (exact) mass is 916 g/mol. The lowest BCUT2D eigenvalue weighted by atomic mass is 10.2. The molecule has 0 bridgehead atoms. The van der Waals surface area contributed by atoms with Crippen LogP contribution in [-0.4, -0.2) is 77.3 Å². The molecule has 2 amide bonds. The summed E-state index contributed by atoms with van der Waals surface area (Å²) in [6, 6.07) is 32.8. The summed E-state index contributed by atoms with van der Waals surface area (Å²) in [6.07, 6.45) is 2.40. The number of aliphatic hydroxyl groups excluding tert-OH is 1. The Hall–Kier alpha value is -5.28. The predicted octanol–water partition coefficient (Wildman–Crippen LogP) is 5.67. The summed E-state index contributed by atoms with van der Waals surface area (Å²) in [7, 11) is -10.4. The molecular weight excluding hydrogens is 873 g/mol. The highest BCUT2D eigenvalue weighted by Crippen LogP contribution is 2.39. The third kappa shape index (κ3) is 9.47. The first-order chi connectivity index (χ1) is 29.1.